The normalized spacial score (nSPS) is 23.6. The number of anilines is 1. The van der Waals surface area contributed by atoms with Crippen LogP contribution in [0.15, 0.2) is 35.4 Å². The fourth-order valence-corrected chi connectivity index (χ4v) is 4.85. The Morgan fingerprint density at radius 1 is 1.21 bits per heavy atom. The van der Waals surface area contributed by atoms with E-state index in [-0.39, 0.29) is 11.4 Å². The zero-order valence-electron chi connectivity index (χ0n) is 16.6. The Balaban J connectivity index is 1.35. The molecule has 3 fully saturated rings. The third-order valence-electron chi connectivity index (χ3n) is 6.69. The quantitative estimate of drug-likeness (QED) is 0.792. The largest absolute Gasteiger partial charge is 0.472 e. The lowest BCUT2D eigenvalue weighted by Crippen LogP contribution is -2.69. The van der Waals surface area contributed by atoms with Crippen molar-refractivity contribution in [2.75, 3.05) is 37.6 Å². The van der Waals surface area contributed by atoms with Crippen LogP contribution in [0.5, 0.6) is 0 Å². The predicted octanol–water partition coefficient (Wildman–Crippen LogP) is 2.11. The fourth-order valence-electron chi connectivity index (χ4n) is 4.85. The second-order valence-corrected chi connectivity index (χ2v) is 8.66. The second kappa shape index (κ2) is 7.04. The first kappa shape index (κ1) is 17.9. The van der Waals surface area contributed by atoms with Gasteiger partial charge in [-0.25, -0.2) is 0 Å². The molecule has 0 atom stereocenters. The topological polar surface area (TPSA) is 57.8 Å². The maximum atomic E-state index is 13.8. The zero-order chi connectivity index (χ0) is 19.1. The van der Waals surface area contributed by atoms with E-state index in [1.54, 1.807) is 10.9 Å². The highest BCUT2D eigenvalue weighted by Gasteiger charge is 2.52. The molecule has 2 saturated heterocycles. The van der Waals surface area contributed by atoms with Crippen LogP contribution in [-0.4, -0.2) is 63.8 Å². The summed E-state index contributed by atoms with van der Waals surface area (Å²) in [7, 11) is 1.90. The molecular formula is C21H29N5O2. The van der Waals surface area contributed by atoms with Crippen LogP contribution in [0.25, 0.3) is 0 Å². The number of hydrogen-bond donors (Lipinski definition) is 0. The number of hydrogen-bond acceptors (Lipinski definition) is 5. The molecule has 7 heteroatoms. The molecule has 3 aliphatic rings. The van der Waals surface area contributed by atoms with Crippen LogP contribution < -0.4 is 4.90 Å². The number of rotatable bonds is 5. The molecule has 1 saturated carbocycles. The van der Waals surface area contributed by atoms with E-state index in [4.69, 9.17) is 4.42 Å². The van der Waals surface area contributed by atoms with Crippen LogP contribution in [-0.2, 0) is 18.4 Å². The van der Waals surface area contributed by atoms with Gasteiger partial charge in [0.2, 0.25) is 5.91 Å². The van der Waals surface area contributed by atoms with Gasteiger partial charge in [-0.3, -0.25) is 19.3 Å². The van der Waals surface area contributed by atoms with Crippen molar-refractivity contribution < 1.29 is 9.21 Å². The molecule has 7 nitrogen and oxygen atoms in total. The third-order valence-corrected chi connectivity index (χ3v) is 6.69. The standard InChI is InChI=1S/C21H29N5O2/c1-23-15-19(12-22-23)26-10-9-25(14-17-2-3-17)21(20(26)27)5-7-24(8-6-21)13-18-4-11-28-16-18/h4,11-12,15-17H,2-3,5-10,13-14H2,1H3. The monoisotopic (exact) mass is 383 g/mol. The van der Waals surface area contributed by atoms with Crippen LogP contribution in [0.3, 0.4) is 0 Å². The first-order valence-corrected chi connectivity index (χ1v) is 10.4. The van der Waals surface area contributed by atoms with Crippen molar-refractivity contribution in [2.45, 2.75) is 37.8 Å². The average Bonchev–Trinajstić information content (AvgIpc) is 3.17. The van der Waals surface area contributed by atoms with Crippen LogP contribution >= 0.6 is 0 Å². The van der Waals surface area contributed by atoms with Crippen molar-refractivity contribution in [2.24, 2.45) is 13.0 Å². The number of nitrogens with zero attached hydrogens (tertiary/aromatic N) is 5. The zero-order valence-corrected chi connectivity index (χ0v) is 16.6. The molecule has 28 heavy (non-hydrogen) atoms. The van der Waals surface area contributed by atoms with Crippen LogP contribution in [0.4, 0.5) is 5.69 Å². The van der Waals surface area contributed by atoms with Crippen molar-refractivity contribution in [3.63, 3.8) is 0 Å². The summed E-state index contributed by atoms with van der Waals surface area (Å²) in [4.78, 5) is 20.7. The molecule has 1 amide bonds. The summed E-state index contributed by atoms with van der Waals surface area (Å²) in [5.41, 5.74) is 1.78. The number of furan rings is 1. The van der Waals surface area contributed by atoms with Gasteiger partial charge in [0.15, 0.2) is 0 Å². The maximum absolute atomic E-state index is 13.8. The predicted molar refractivity (Wildman–Crippen MR) is 106 cm³/mol. The highest BCUT2D eigenvalue weighted by Crippen LogP contribution is 2.39. The number of aromatic nitrogens is 2. The molecule has 4 heterocycles. The van der Waals surface area contributed by atoms with Crippen LogP contribution in [0, 0.1) is 5.92 Å². The van der Waals surface area contributed by atoms with Gasteiger partial charge >= 0.3 is 0 Å². The molecule has 0 bridgehead atoms. The van der Waals surface area contributed by atoms with Crippen molar-refractivity contribution >= 4 is 11.6 Å². The molecule has 0 N–H and O–H groups in total. The van der Waals surface area contributed by atoms with Gasteiger partial charge in [0.05, 0.1) is 24.4 Å². The third kappa shape index (κ3) is 3.26. The number of aryl methyl sites for hydroxylation is 1. The Morgan fingerprint density at radius 2 is 2.04 bits per heavy atom. The molecule has 0 radical (unpaired) electrons. The number of piperidine rings is 1. The average molecular weight is 383 g/mol. The number of likely N-dealkylation sites (tertiary alicyclic amines) is 1. The van der Waals surface area contributed by atoms with E-state index in [2.05, 4.69) is 14.9 Å². The van der Waals surface area contributed by atoms with Crippen molar-refractivity contribution in [1.82, 2.24) is 19.6 Å². The number of piperazine rings is 1. The second-order valence-electron chi connectivity index (χ2n) is 8.66. The van der Waals surface area contributed by atoms with Crippen molar-refractivity contribution in [3.8, 4) is 0 Å². The Hall–Kier alpha value is -2.12. The van der Waals surface area contributed by atoms with Crippen LogP contribution in [0.2, 0.25) is 0 Å². The minimum Gasteiger partial charge on any atom is -0.472 e. The van der Waals surface area contributed by atoms with Gasteiger partial charge in [-0.1, -0.05) is 0 Å². The molecule has 2 aromatic heterocycles. The summed E-state index contributed by atoms with van der Waals surface area (Å²) in [6.07, 6.45) is 11.8. The highest BCUT2D eigenvalue weighted by molar-refractivity contribution is 6.01. The molecule has 150 valence electrons. The van der Waals surface area contributed by atoms with Gasteiger partial charge in [-0.2, -0.15) is 5.10 Å². The van der Waals surface area contributed by atoms with E-state index in [1.165, 1.54) is 18.4 Å². The minimum absolute atomic E-state index is 0.273. The Labute approximate surface area is 165 Å². The number of amides is 1. The van der Waals surface area contributed by atoms with E-state index in [1.807, 2.05) is 36.7 Å². The molecule has 0 aromatic carbocycles. The lowest BCUT2D eigenvalue weighted by atomic mass is 9.82. The molecule has 0 unspecified atom stereocenters. The number of carbonyl (C=O) groups is 1. The summed E-state index contributed by atoms with van der Waals surface area (Å²) >= 11 is 0. The van der Waals surface area contributed by atoms with Gasteiger partial charge in [0.25, 0.3) is 0 Å². The lowest BCUT2D eigenvalue weighted by Gasteiger charge is -2.52. The SMILES string of the molecule is Cn1cc(N2CCN(CC3CC3)C3(CCN(Cc4ccoc4)CC3)C2=O)cn1. The van der Waals surface area contributed by atoms with Gasteiger partial charge in [0, 0.05) is 58.1 Å². The first-order valence-electron chi connectivity index (χ1n) is 10.4. The van der Waals surface area contributed by atoms with E-state index in [9.17, 15) is 4.79 Å². The number of carbonyl (C=O) groups excluding carboxylic acids is 1. The highest BCUT2D eigenvalue weighted by atomic mass is 16.3. The maximum Gasteiger partial charge on any atom is 0.247 e. The fraction of sp³-hybridized carbons (Fsp3) is 0.619. The first-order chi connectivity index (χ1) is 13.6. The van der Waals surface area contributed by atoms with Crippen molar-refractivity contribution in [3.05, 3.63) is 36.5 Å². The molecular weight excluding hydrogens is 354 g/mol. The van der Waals surface area contributed by atoms with E-state index < -0.39 is 0 Å². The summed E-state index contributed by atoms with van der Waals surface area (Å²) in [6, 6.07) is 2.03. The molecule has 1 aliphatic carbocycles. The van der Waals surface area contributed by atoms with E-state index in [0.717, 1.165) is 63.7 Å². The summed E-state index contributed by atoms with van der Waals surface area (Å²) in [6.45, 7) is 5.58. The molecule has 5 rings (SSSR count). The minimum atomic E-state index is -0.358. The van der Waals surface area contributed by atoms with Gasteiger partial charge in [-0.05, 0) is 37.7 Å². The summed E-state index contributed by atoms with van der Waals surface area (Å²) in [5.74, 6) is 1.06. The summed E-state index contributed by atoms with van der Waals surface area (Å²) < 4.78 is 6.99. The van der Waals surface area contributed by atoms with Crippen molar-refractivity contribution in [1.29, 1.82) is 0 Å². The Kier molecular flexibility index (Phi) is 4.51. The molecule has 2 aliphatic heterocycles. The molecule has 1 spiro atoms. The smallest absolute Gasteiger partial charge is 0.247 e. The Bertz CT molecular complexity index is 818. The van der Waals surface area contributed by atoms with Gasteiger partial charge < -0.3 is 9.32 Å². The molecule has 2 aromatic rings. The van der Waals surface area contributed by atoms with Gasteiger partial charge in [-0.15, -0.1) is 0 Å². The lowest BCUT2D eigenvalue weighted by molar-refractivity contribution is -0.138. The van der Waals surface area contributed by atoms with Gasteiger partial charge in [0.1, 0.15) is 5.54 Å². The Morgan fingerprint density at radius 3 is 2.68 bits per heavy atom. The van der Waals surface area contributed by atoms with E-state index >= 15 is 0 Å². The van der Waals surface area contributed by atoms with E-state index in [0.29, 0.717) is 0 Å². The van der Waals surface area contributed by atoms with Crippen LogP contribution in [0.1, 0.15) is 31.2 Å². The summed E-state index contributed by atoms with van der Waals surface area (Å²) in [5, 5.41) is 4.28.